The molecule has 1 N–H and O–H groups in total. The van der Waals surface area contributed by atoms with Crippen molar-refractivity contribution >= 4 is 17.1 Å². The fourth-order valence-corrected chi connectivity index (χ4v) is 4.13. The van der Waals surface area contributed by atoms with Gasteiger partial charge in [0.15, 0.2) is 0 Å². The van der Waals surface area contributed by atoms with E-state index in [0.717, 1.165) is 73.5 Å². The van der Waals surface area contributed by atoms with Gasteiger partial charge in [-0.3, -0.25) is 0 Å². The van der Waals surface area contributed by atoms with Crippen LogP contribution >= 0.6 is 11.8 Å². The predicted molar refractivity (Wildman–Crippen MR) is 112 cm³/mol. The van der Waals surface area contributed by atoms with Gasteiger partial charge in [-0.2, -0.15) is 9.38 Å². The third kappa shape index (κ3) is 5.66. The molecule has 0 atom stereocenters. The van der Waals surface area contributed by atoms with E-state index in [-0.39, 0.29) is 0 Å². The molecule has 2 rings (SSSR count). The Balaban J connectivity index is 2.38. The van der Waals surface area contributed by atoms with Crippen LogP contribution in [0.3, 0.4) is 0 Å². The number of nitrogens with one attached hydrogen (secondary N) is 1. The lowest BCUT2D eigenvalue weighted by Crippen LogP contribution is -2.28. The summed E-state index contributed by atoms with van der Waals surface area (Å²) in [5.74, 6) is 0.710. The summed E-state index contributed by atoms with van der Waals surface area (Å²) in [4.78, 5) is 9.47. The van der Waals surface area contributed by atoms with E-state index in [1.807, 2.05) is 26.1 Å². The third-order valence-electron chi connectivity index (χ3n) is 4.55. The van der Waals surface area contributed by atoms with Gasteiger partial charge in [0.05, 0.1) is 4.91 Å². The van der Waals surface area contributed by atoms with Gasteiger partial charge in [-0.1, -0.05) is 25.7 Å². The first-order valence-electron chi connectivity index (χ1n) is 9.48. The van der Waals surface area contributed by atoms with Crippen molar-refractivity contribution in [2.45, 2.75) is 39.5 Å². The molecule has 0 aromatic heterocycles. The Bertz CT molecular complexity index is 615. The van der Waals surface area contributed by atoms with Crippen LogP contribution < -0.4 is 5.32 Å². The van der Waals surface area contributed by atoms with Crippen LogP contribution in [0.4, 0.5) is 4.39 Å². The Morgan fingerprint density at radius 1 is 1.31 bits per heavy atom. The molecule has 1 fully saturated rings. The zero-order valence-electron chi connectivity index (χ0n) is 16.2. The Hall–Kier alpha value is -1.69. The Kier molecular flexibility index (Phi) is 8.29. The molecular formula is C20H31FN4S. The lowest BCUT2D eigenvalue weighted by atomic mass is 10.1. The van der Waals surface area contributed by atoms with Gasteiger partial charge in [-0.25, -0.2) is 0 Å². The second kappa shape index (κ2) is 10.5. The van der Waals surface area contributed by atoms with Crippen LogP contribution in [0.15, 0.2) is 51.9 Å². The maximum atomic E-state index is 14.9. The van der Waals surface area contributed by atoms with Crippen molar-refractivity contribution in [2.24, 2.45) is 4.99 Å². The number of piperidine rings is 1. The molecule has 26 heavy (non-hydrogen) atoms. The molecule has 0 aromatic rings. The number of likely N-dealkylation sites (tertiary alicyclic amines) is 1. The first kappa shape index (κ1) is 20.6. The van der Waals surface area contributed by atoms with Gasteiger partial charge < -0.3 is 15.1 Å². The van der Waals surface area contributed by atoms with E-state index in [9.17, 15) is 4.39 Å². The van der Waals surface area contributed by atoms with E-state index >= 15 is 0 Å². The average Bonchev–Trinajstić information content (AvgIpc) is 2.66. The summed E-state index contributed by atoms with van der Waals surface area (Å²) in [6.45, 7) is 11.6. The summed E-state index contributed by atoms with van der Waals surface area (Å²) in [6.07, 6.45) is 10.3. The SMILES string of the molecule is C=C(NCC)/C1=C(\CC)N(C)C/C=C/C=C(N2CCCCC2)\N=C(\F)S1. The highest BCUT2D eigenvalue weighted by Gasteiger charge is 2.19. The molecule has 0 aliphatic carbocycles. The van der Waals surface area contributed by atoms with Crippen LogP contribution in [0.5, 0.6) is 0 Å². The molecule has 2 heterocycles. The van der Waals surface area contributed by atoms with E-state index < -0.39 is 5.30 Å². The molecule has 0 amide bonds. The summed E-state index contributed by atoms with van der Waals surface area (Å²) in [7, 11) is 2.03. The minimum atomic E-state index is -0.439. The largest absolute Gasteiger partial charge is 0.385 e. The summed E-state index contributed by atoms with van der Waals surface area (Å²) in [5.41, 5.74) is 1.82. The lowest BCUT2D eigenvalue weighted by Gasteiger charge is -2.28. The molecule has 2 aliphatic rings. The van der Waals surface area contributed by atoms with Gasteiger partial charge in [-0.05, 0) is 50.4 Å². The fraction of sp³-hybridized carbons (Fsp3) is 0.550. The highest BCUT2D eigenvalue weighted by Crippen LogP contribution is 2.31. The highest BCUT2D eigenvalue weighted by atomic mass is 32.2. The van der Waals surface area contributed by atoms with Gasteiger partial charge >= 0.3 is 0 Å². The lowest BCUT2D eigenvalue weighted by molar-refractivity contribution is 0.283. The highest BCUT2D eigenvalue weighted by molar-refractivity contribution is 8.17. The number of hydrogen-bond donors (Lipinski definition) is 1. The van der Waals surface area contributed by atoms with Crippen molar-refractivity contribution in [3.63, 3.8) is 0 Å². The molecule has 0 radical (unpaired) electrons. The number of halogens is 1. The normalized spacial score (nSPS) is 27.7. The van der Waals surface area contributed by atoms with E-state index in [1.165, 1.54) is 6.42 Å². The summed E-state index contributed by atoms with van der Waals surface area (Å²) >= 11 is 1.07. The Morgan fingerprint density at radius 3 is 2.69 bits per heavy atom. The topological polar surface area (TPSA) is 30.9 Å². The van der Waals surface area contributed by atoms with Crippen LogP contribution in [0, 0.1) is 0 Å². The molecular weight excluding hydrogens is 347 g/mol. The molecule has 0 saturated carbocycles. The maximum absolute atomic E-state index is 14.9. The van der Waals surface area contributed by atoms with Gasteiger partial charge in [0.2, 0.25) is 0 Å². The number of likely N-dealkylation sites (N-methyl/N-ethyl adjacent to an activating group) is 2. The molecule has 0 unspecified atom stereocenters. The van der Waals surface area contributed by atoms with E-state index in [0.29, 0.717) is 5.82 Å². The van der Waals surface area contributed by atoms with Crippen molar-refractivity contribution in [3.8, 4) is 0 Å². The molecule has 4 nitrogen and oxygen atoms in total. The van der Waals surface area contributed by atoms with Crippen molar-refractivity contribution in [3.05, 3.63) is 46.9 Å². The Morgan fingerprint density at radius 2 is 2.04 bits per heavy atom. The molecule has 0 spiro atoms. The van der Waals surface area contributed by atoms with Gasteiger partial charge in [0.1, 0.15) is 5.82 Å². The minimum Gasteiger partial charge on any atom is -0.385 e. The number of allylic oxidation sites excluding steroid dienone is 3. The molecule has 6 heteroatoms. The second-order valence-electron chi connectivity index (χ2n) is 6.49. The monoisotopic (exact) mass is 378 g/mol. The smallest absolute Gasteiger partial charge is 0.254 e. The van der Waals surface area contributed by atoms with Crippen LogP contribution in [0.1, 0.15) is 39.5 Å². The standard InChI is InChI=1S/C20H31FN4S/c1-5-17-19(16(3)22-6-2)26-20(21)23-18(12-8-11-13-24(17)4)25-14-9-7-10-15-25/h8,11-12,22H,3,5-7,9-10,13-15H2,1-2,4H3/b11-8+,18-12+,19-17-,23-20-. The molecule has 0 bridgehead atoms. The van der Waals surface area contributed by atoms with E-state index in [4.69, 9.17) is 0 Å². The van der Waals surface area contributed by atoms with Crippen molar-refractivity contribution in [1.82, 2.24) is 15.1 Å². The maximum Gasteiger partial charge on any atom is 0.254 e. The van der Waals surface area contributed by atoms with Crippen LogP contribution in [0.25, 0.3) is 0 Å². The molecule has 144 valence electrons. The first-order chi connectivity index (χ1) is 12.6. The van der Waals surface area contributed by atoms with Crippen molar-refractivity contribution in [1.29, 1.82) is 0 Å². The van der Waals surface area contributed by atoms with E-state index in [1.54, 1.807) is 0 Å². The van der Waals surface area contributed by atoms with Crippen LogP contribution in [-0.2, 0) is 0 Å². The first-order valence-corrected chi connectivity index (χ1v) is 10.3. The number of nitrogens with zero attached hydrogens (tertiary/aromatic N) is 3. The van der Waals surface area contributed by atoms with E-state index in [2.05, 4.69) is 39.7 Å². The zero-order chi connectivity index (χ0) is 18.9. The zero-order valence-corrected chi connectivity index (χ0v) is 17.0. The van der Waals surface area contributed by atoms with Crippen molar-refractivity contribution in [2.75, 3.05) is 33.2 Å². The Labute approximate surface area is 161 Å². The number of hydrogen-bond acceptors (Lipinski definition) is 5. The van der Waals surface area contributed by atoms with Crippen LogP contribution in [0.2, 0.25) is 0 Å². The number of thioether (sulfide) groups is 1. The quantitative estimate of drug-likeness (QED) is 0.756. The van der Waals surface area contributed by atoms with Gasteiger partial charge in [-0.15, -0.1) is 0 Å². The molecule has 0 aromatic carbocycles. The summed E-state index contributed by atoms with van der Waals surface area (Å²) in [6, 6.07) is 0. The fourth-order valence-electron chi connectivity index (χ4n) is 3.21. The predicted octanol–water partition coefficient (Wildman–Crippen LogP) is 4.62. The van der Waals surface area contributed by atoms with Crippen molar-refractivity contribution < 1.29 is 4.39 Å². The summed E-state index contributed by atoms with van der Waals surface area (Å²) in [5, 5.41) is 2.79. The number of rotatable bonds is 5. The average molecular weight is 379 g/mol. The number of aliphatic imine (C=N–C) groups is 1. The molecule has 2 aliphatic heterocycles. The van der Waals surface area contributed by atoms with Gasteiger partial charge in [0.25, 0.3) is 5.30 Å². The molecule has 1 saturated heterocycles. The van der Waals surface area contributed by atoms with Crippen LogP contribution in [-0.4, -0.2) is 48.3 Å². The van der Waals surface area contributed by atoms with Gasteiger partial charge in [0, 0.05) is 44.6 Å². The second-order valence-corrected chi connectivity index (χ2v) is 7.44. The minimum absolute atomic E-state index is 0.439. The third-order valence-corrected chi connectivity index (χ3v) is 5.50. The summed E-state index contributed by atoms with van der Waals surface area (Å²) < 4.78 is 14.9.